The zero-order valence-electron chi connectivity index (χ0n) is 18.2. The van der Waals surface area contributed by atoms with Gasteiger partial charge in [-0.15, -0.1) is 0 Å². The van der Waals surface area contributed by atoms with Crippen molar-refractivity contribution in [1.82, 2.24) is 19.6 Å². The van der Waals surface area contributed by atoms with E-state index < -0.39 is 18.4 Å². The lowest BCUT2D eigenvalue weighted by Gasteiger charge is -2.49. The van der Waals surface area contributed by atoms with E-state index in [1.807, 2.05) is 0 Å². The number of carboxylic acid groups (broad SMARTS) is 1. The maximum atomic E-state index is 13.2. The van der Waals surface area contributed by atoms with E-state index in [2.05, 4.69) is 10.3 Å². The lowest BCUT2D eigenvalue weighted by atomic mass is 9.55. The first kappa shape index (κ1) is 19.8. The SMILES string of the molecule is CN(CC(=O)O)C(=O)c1cn2c(C(=O)NCC34CC5CC6CC(C3)C6(C5)C4)cccc2n1. The number of fused-ring (bicyclic) bond motifs is 3. The third kappa shape index (κ3) is 2.74. The number of amides is 2. The number of pyridine rings is 1. The predicted molar refractivity (Wildman–Crippen MR) is 115 cm³/mol. The van der Waals surface area contributed by atoms with Gasteiger partial charge in [0.1, 0.15) is 23.6 Å². The van der Waals surface area contributed by atoms with Crippen molar-refractivity contribution >= 4 is 23.4 Å². The summed E-state index contributed by atoms with van der Waals surface area (Å²) >= 11 is 0. The lowest BCUT2D eigenvalue weighted by Crippen LogP contribution is -2.43. The number of imidazole rings is 1. The average molecular weight is 437 g/mol. The van der Waals surface area contributed by atoms with E-state index in [9.17, 15) is 14.4 Å². The minimum Gasteiger partial charge on any atom is -0.480 e. The van der Waals surface area contributed by atoms with E-state index >= 15 is 0 Å². The van der Waals surface area contributed by atoms with E-state index in [-0.39, 0.29) is 17.0 Å². The molecule has 2 aromatic heterocycles. The molecule has 1 spiro atoms. The molecule has 4 saturated carbocycles. The zero-order chi connectivity index (χ0) is 22.3. The van der Waals surface area contributed by atoms with Crippen molar-refractivity contribution in [3.05, 3.63) is 35.8 Å². The van der Waals surface area contributed by atoms with Gasteiger partial charge in [-0.2, -0.15) is 0 Å². The molecule has 2 heterocycles. The average Bonchev–Trinajstić information content (AvgIpc) is 3.32. The molecule has 8 nitrogen and oxygen atoms in total. The number of hydrogen-bond acceptors (Lipinski definition) is 4. The smallest absolute Gasteiger partial charge is 0.323 e. The second-order valence-electron chi connectivity index (χ2n) is 10.8. The fourth-order valence-electron chi connectivity index (χ4n) is 7.87. The summed E-state index contributed by atoms with van der Waals surface area (Å²) in [5.41, 5.74) is 1.88. The van der Waals surface area contributed by atoms with Crippen molar-refractivity contribution in [2.75, 3.05) is 20.1 Å². The molecular weight excluding hydrogens is 408 g/mol. The molecule has 2 amide bonds. The van der Waals surface area contributed by atoms with E-state index in [0.29, 0.717) is 23.3 Å². The molecule has 0 aromatic carbocycles. The summed E-state index contributed by atoms with van der Waals surface area (Å²) in [4.78, 5) is 42.0. The van der Waals surface area contributed by atoms with Crippen molar-refractivity contribution in [2.45, 2.75) is 38.5 Å². The van der Waals surface area contributed by atoms with Gasteiger partial charge in [0.25, 0.3) is 11.8 Å². The van der Waals surface area contributed by atoms with E-state index in [0.717, 1.165) is 22.7 Å². The first-order chi connectivity index (χ1) is 15.3. The van der Waals surface area contributed by atoms with Crippen LogP contribution in [0, 0.1) is 28.6 Å². The van der Waals surface area contributed by atoms with Crippen LogP contribution in [0.1, 0.15) is 59.5 Å². The summed E-state index contributed by atoms with van der Waals surface area (Å²) in [6, 6.07) is 5.22. The molecule has 0 aliphatic heterocycles. The zero-order valence-corrected chi connectivity index (χ0v) is 18.2. The van der Waals surface area contributed by atoms with Crippen molar-refractivity contribution < 1.29 is 19.5 Å². The van der Waals surface area contributed by atoms with Gasteiger partial charge in [0.05, 0.1) is 0 Å². The fourth-order valence-corrected chi connectivity index (χ4v) is 7.87. The molecule has 2 aromatic rings. The maximum absolute atomic E-state index is 13.2. The molecule has 0 saturated heterocycles. The number of rotatable bonds is 6. The molecule has 4 aliphatic carbocycles. The first-order valence-electron chi connectivity index (χ1n) is 11.5. The number of likely N-dealkylation sites (N-methyl/N-ethyl adjacent to an activating group) is 1. The Bertz CT molecular complexity index is 1150. The minimum absolute atomic E-state index is 0.119. The number of aromatic nitrogens is 2. The predicted octanol–water partition coefficient (Wildman–Crippen LogP) is 2.44. The minimum atomic E-state index is -1.09. The van der Waals surface area contributed by atoms with Gasteiger partial charge < -0.3 is 15.3 Å². The summed E-state index contributed by atoms with van der Waals surface area (Å²) in [5.74, 6) is 0.900. The summed E-state index contributed by atoms with van der Waals surface area (Å²) < 4.78 is 1.62. The van der Waals surface area contributed by atoms with Crippen LogP contribution < -0.4 is 5.32 Å². The molecular formula is C24H28N4O4. The van der Waals surface area contributed by atoms with Crippen molar-refractivity contribution in [3.63, 3.8) is 0 Å². The van der Waals surface area contributed by atoms with Crippen LogP contribution in [-0.4, -0.2) is 57.3 Å². The van der Waals surface area contributed by atoms with E-state index in [1.165, 1.54) is 51.8 Å². The van der Waals surface area contributed by atoms with Gasteiger partial charge in [0.2, 0.25) is 0 Å². The van der Waals surface area contributed by atoms with Gasteiger partial charge >= 0.3 is 5.97 Å². The summed E-state index contributed by atoms with van der Waals surface area (Å²) in [6.07, 6.45) is 9.50. The highest BCUT2D eigenvalue weighted by Crippen LogP contribution is 2.78. The Hall–Kier alpha value is -2.90. The highest BCUT2D eigenvalue weighted by atomic mass is 16.4. The summed E-state index contributed by atoms with van der Waals surface area (Å²) in [7, 11) is 1.42. The molecule has 4 aliphatic rings. The summed E-state index contributed by atoms with van der Waals surface area (Å²) in [5, 5.41) is 12.1. The van der Waals surface area contributed by atoms with Crippen LogP contribution in [0.5, 0.6) is 0 Å². The van der Waals surface area contributed by atoms with Crippen LogP contribution in [-0.2, 0) is 4.79 Å². The second-order valence-corrected chi connectivity index (χ2v) is 10.8. The van der Waals surface area contributed by atoms with Crippen molar-refractivity contribution in [1.29, 1.82) is 0 Å². The number of nitrogens with zero attached hydrogens (tertiary/aromatic N) is 3. The Labute approximate surface area is 186 Å². The number of nitrogens with one attached hydrogen (secondary N) is 1. The number of aliphatic carboxylic acids is 1. The van der Waals surface area contributed by atoms with Crippen LogP contribution in [0.15, 0.2) is 24.4 Å². The van der Waals surface area contributed by atoms with Gasteiger partial charge in [0, 0.05) is 19.8 Å². The van der Waals surface area contributed by atoms with Crippen LogP contribution >= 0.6 is 0 Å². The van der Waals surface area contributed by atoms with Crippen LogP contribution in [0.3, 0.4) is 0 Å². The van der Waals surface area contributed by atoms with E-state index in [4.69, 9.17) is 5.11 Å². The Morgan fingerprint density at radius 1 is 1.22 bits per heavy atom. The molecule has 4 fully saturated rings. The highest BCUT2D eigenvalue weighted by molar-refractivity contribution is 5.96. The molecule has 5 atom stereocenters. The maximum Gasteiger partial charge on any atom is 0.323 e. The molecule has 3 bridgehead atoms. The van der Waals surface area contributed by atoms with E-state index in [1.54, 1.807) is 22.6 Å². The molecule has 168 valence electrons. The van der Waals surface area contributed by atoms with Gasteiger partial charge in [-0.25, -0.2) is 4.98 Å². The number of carbonyl (C=O) groups excluding carboxylic acids is 2. The largest absolute Gasteiger partial charge is 0.480 e. The molecule has 0 radical (unpaired) electrons. The Balaban J connectivity index is 1.20. The normalized spacial score (nSPS) is 33.7. The number of carbonyl (C=O) groups is 3. The van der Waals surface area contributed by atoms with Gasteiger partial charge in [-0.1, -0.05) is 6.07 Å². The monoisotopic (exact) mass is 436 g/mol. The van der Waals surface area contributed by atoms with Crippen LogP contribution in [0.25, 0.3) is 5.65 Å². The molecule has 8 heteroatoms. The molecule has 6 rings (SSSR count). The lowest BCUT2D eigenvalue weighted by molar-refractivity contribution is -0.137. The fraction of sp³-hybridized carbons (Fsp3) is 0.583. The molecule has 5 unspecified atom stereocenters. The Kier molecular flexibility index (Phi) is 4.05. The van der Waals surface area contributed by atoms with Crippen molar-refractivity contribution in [2.24, 2.45) is 28.6 Å². The standard InChI is InChI=1S/C24H28N4O4/c1-27(11-20(29)30)22(32)17-10-28-18(3-2-4-19(28)26-17)21(31)25-13-23-7-14-5-15-6-16(9-23)24(15,8-14)12-23/h2-4,10,14-16H,5-9,11-13H2,1H3,(H,25,31)(H,29,30). The Morgan fingerprint density at radius 2 is 2.06 bits per heavy atom. The Morgan fingerprint density at radius 3 is 2.88 bits per heavy atom. The van der Waals surface area contributed by atoms with Crippen LogP contribution in [0.4, 0.5) is 0 Å². The van der Waals surface area contributed by atoms with Crippen molar-refractivity contribution in [3.8, 4) is 0 Å². The second kappa shape index (κ2) is 6.56. The highest BCUT2D eigenvalue weighted by Gasteiger charge is 2.70. The topological polar surface area (TPSA) is 104 Å². The number of carboxylic acids is 1. The third-order valence-corrected chi connectivity index (χ3v) is 8.87. The van der Waals surface area contributed by atoms with Gasteiger partial charge in [-0.05, 0) is 79.2 Å². The van der Waals surface area contributed by atoms with Gasteiger partial charge in [0.15, 0.2) is 0 Å². The van der Waals surface area contributed by atoms with Crippen LogP contribution in [0.2, 0.25) is 0 Å². The van der Waals surface area contributed by atoms with Gasteiger partial charge in [-0.3, -0.25) is 18.8 Å². The quantitative estimate of drug-likeness (QED) is 0.724. The number of hydrogen-bond donors (Lipinski definition) is 2. The molecule has 2 N–H and O–H groups in total. The first-order valence-corrected chi connectivity index (χ1v) is 11.5. The summed E-state index contributed by atoms with van der Waals surface area (Å²) in [6.45, 7) is 0.304. The third-order valence-electron chi connectivity index (χ3n) is 8.87. The molecule has 32 heavy (non-hydrogen) atoms.